The van der Waals surface area contributed by atoms with Crippen molar-refractivity contribution in [2.45, 2.75) is 6.61 Å². The average molecular weight is 224 g/mol. The summed E-state index contributed by atoms with van der Waals surface area (Å²) in [4.78, 5) is 0. The van der Waals surface area contributed by atoms with Crippen LogP contribution in [0.3, 0.4) is 0 Å². The van der Waals surface area contributed by atoms with E-state index in [2.05, 4.69) is 6.58 Å². The normalized spacial score (nSPS) is 11.3. The summed E-state index contributed by atoms with van der Waals surface area (Å²) in [5.74, 6) is 0. The van der Waals surface area contributed by atoms with Crippen LogP contribution in [0.25, 0.3) is 0 Å². The van der Waals surface area contributed by atoms with Gasteiger partial charge in [-0.15, -0.1) is 0 Å². The summed E-state index contributed by atoms with van der Waals surface area (Å²) in [7, 11) is 0.507. The van der Waals surface area contributed by atoms with Crippen molar-refractivity contribution in [3.05, 3.63) is 48.2 Å². The van der Waals surface area contributed by atoms with Crippen molar-refractivity contribution in [3.8, 4) is 0 Å². The summed E-state index contributed by atoms with van der Waals surface area (Å²) in [6, 6.07) is 9.89. The van der Waals surface area contributed by atoms with Crippen molar-refractivity contribution in [3.63, 3.8) is 0 Å². The number of hydrogen-bond acceptors (Lipinski definition) is 3. The van der Waals surface area contributed by atoms with Crippen molar-refractivity contribution < 1.29 is 13.3 Å². The number of benzene rings is 1. The molecular formula is C11H16O3Si. The summed E-state index contributed by atoms with van der Waals surface area (Å²) in [6.45, 7) is 4.15. The zero-order chi connectivity index (χ0) is 11.1. The zero-order valence-corrected chi connectivity index (χ0v) is 10.1. The lowest BCUT2D eigenvalue weighted by molar-refractivity contribution is 0.105. The van der Waals surface area contributed by atoms with Crippen LogP contribution in [0.15, 0.2) is 42.6 Å². The van der Waals surface area contributed by atoms with Crippen molar-refractivity contribution in [1.82, 2.24) is 0 Å². The highest BCUT2D eigenvalue weighted by atomic mass is 28.4. The standard InChI is InChI=1S/C11H16O3Si/c1-4-15(12-2,13-3)14-10-11-8-6-5-7-9-11/h4-9H,1,10H2,2-3H3. The molecule has 0 spiro atoms. The predicted octanol–water partition coefficient (Wildman–Crippen LogP) is 2.16. The molecule has 0 N–H and O–H groups in total. The second-order valence-corrected chi connectivity index (χ2v) is 5.71. The molecule has 0 heterocycles. The quantitative estimate of drug-likeness (QED) is 0.693. The Hall–Kier alpha value is -0.943. The molecule has 1 rings (SSSR count). The first-order valence-corrected chi connectivity index (χ1v) is 6.48. The van der Waals surface area contributed by atoms with Crippen LogP contribution in [0, 0.1) is 0 Å². The van der Waals surface area contributed by atoms with Crippen LogP contribution < -0.4 is 0 Å². The Morgan fingerprint density at radius 3 is 2.27 bits per heavy atom. The lowest BCUT2D eigenvalue weighted by atomic mass is 10.2. The van der Waals surface area contributed by atoms with Gasteiger partial charge in [0.25, 0.3) is 0 Å². The third kappa shape index (κ3) is 3.28. The molecule has 0 atom stereocenters. The molecule has 1 aromatic rings. The molecule has 0 aliphatic rings. The Morgan fingerprint density at radius 1 is 1.20 bits per heavy atom. The molecule has 0 unspecified atom stereocenters. The lowest BCUT2D eigenvalue weighted by Crippen LogP contribution is -2.41. The van der Waals surface area contributed by atoms with Crippen LogP contribution >= 0.6 is 0 Å². The van der Waals surface area contributed by atoms with Crippen LogP contribution in [-0.4, -0.2) is 23.0 Å². The van der Waals surface area contributed by atoms with Gasteiger partial charge in [0.1, 0.15) is 0 Å². The van der Waals surface area contributed by atoms with Crippen molar-refractivity contribution in [2.75, 3.05) is 14.2 Å². The fourth-order valence-electron chi connectivity index (χ4n) is 1.18. The Balaban J connectivity index is 2.58. The van der Waals surface area contributed by atoms with Crippen LogP contribution in [0.1, 0.15) is 5.56 Å². The topological polar surface area (TPSA) is 27.7 Å². The van der Waals surface area contributed by atoms with E-state index in [9.17, 15) is 0 Å². The maximum atomic E-state index is 5.64. The summed E-state index contributed by atoms with van der Waals surface area (Å²) >= 11 is 0. The van der Waals surface area contributed by atoms with Crippen molar-refractivity contribution >= 4 is 8.80 Å². The molecule has 15 heavy (non-hydrogen) atoms. The molecule has 0 saturated carbocycles. The first-order valence-electron chi connectivity index (χ1n) is 4.68. The second kappa shape index (κ2) is 5.82. The maximum Gasteiger partial charge on any atom is 0.528 e. The average Bonchev–Trinajstić information content (AvgIpc) is 2.33. The minimum absolute atomic E-state index is 0.473. The summed E-state index contributed by atoms with van der Waals surface area (Å²) in [5, 5.41) is 0. The molecular weight excluding hydrogens is 208 g/mol. The first-order chi connectivity index (χ1) is 7.26. The van der Waals surface area contributed by atoms with Gasteiger partial charge < -0.3 is 13.3 Å². The van der Waals surface area contributed by atoms with Gasteiger partial charge >= 0.3 is 8.80 Å². The maximum absolute atomic E-state index is 5.64. The van der Waals surface area contributed by atoms with Crippen LogP contribution in [0.4, 0.5) is 0 Å². The molecule has 0 fully saturated rings. The van der Waals surface area contributed by atoms with Gasteiger partial charge in [-0.2, -0.15) is 0 Å². The Bertz CT molecular complexity index is 296. The highest BCUT2D eigenvalue weighted by Gasteiger charge is 2.35. The fraction of sp³-hybridized carbons (Fsp3) is 0.273. The summed E-state index contributed by atoms with van der Waals surface area (Å²) in [5.41, 5.74) is 2.71. The number of hydrogen-bond donors (Lipinski definition) is 0. The molecule has 0 aromatic heterocycles. The molecule has 82 valence electrons. The second-order valence-electron chi connectivity index (χ2n) is 2.99. The van der Waals surface area contributed by atoms with Gasteiger partial charge in [-0.1, -0.05) is 36.9 Å². The van der Waals surface area contributed by atoms with Crippen LogP contribution in [0.5, 0.6) is 0 Å². The van der Waals surface area contributed by atoms with E-state index in [0.717, 1.165) is 5.56 Å². The smallest absolute Gasteiger partial charge is 0.374 e. The molecule has 0 bridgehead atoms. The molecule has 3 nitrogen and oxygen atoms in total. The van der Waals surface area contributed by atoms with E-state index in [4.69, 9.17) is 13.3 Å². The largest absolute Gasteiger partial charge is 0.528 e. The van der Waals surface area contributed by atoms with Gasteiger partial charge in [-0.25, -0.2) is 0 Å². The third-order valence-electron chi connectivity index (χ3n) is 2.10. The minimum atomic E-state index is -2.64. The first kappa shape index (κ1) is 12.1. The highest BCUT2D eigenvalue weighted by molar-refractivity contribution is 6.66. The summed E-state index contributed by atoms with van der Waals surface area (Å²) < 4.78 is 16.1. The summed E-state index contributed by atoms with van der Waals surface area (Å²) in [6.07, 6.45) is 0. The van der Waals surface area contributed by atoms with Crippen molar-refractivity contribution in [2.24, 2.45) is 0 Å². The monoisotopic (exact) mass is 224 g/mol. The van der Waals surface area contributed by atoms with E-state index in [1.807, 2.05) is 30.3 Å². The zero-order valence-electron chi connectivity index (χ0n) is 9.10. The molecule has 0 amide bonds. The Kier molecular flexibility index (Phi) is 4.71. The molecule has 0 radical (unpaired) electrons. The molecule has 0 saturated heterocycles. The van der Waals surface area contributed by atoms with Crippen LogP contribution in [0.2, 0.25) is 0 Å². The predicted molar refractivity (Wildman–Crippen MR) is 61.2 cm³/mol. The third-order valence-corrected chi connectivity index (χ3v) is 4.29. The number of rotatable bonds is 6. The van der Waals surface area contributed by atoms with Gasteiger partial charge in [0, 0.05) is 14.2 Å². The van der Waals surface area contributed by atoms with Gasteiger partial charge in [0.2, 0.25) is 0 Å². The van der Waals surface area contributed by atoms with E-state index in [1.54, 1.807) is 19.9 Å². The minimum Gasteiger partial charge on any atom is -0.374 e. The molecule has 0 aliphatic carbocycles. The van der Waals surface area contributed by atoms with E-state index < -0.39 is 8.80 Å². The van der Waals surface area contributed by atoms with Gasteiger partial charge in [0.05, 0.1) is 6.61 Å². The molecule has 1 aromatic carbocycles. The van der Waals surface area contributed by atoms with E-state index in [-0.39, 0.29) is 0 Å². The fourth-order valence-corrected chi connectivity index (χ4v) is 2.41. The Labute approximate surface area is 91.7 Å². The van der Waals surface area contributed by atoms with E-state index in [0.29, 0.717) is 6.61 Å². The van der Waals surface area contributed by atoms with E-state index in [1.165, 1.54) is 0 Å². The van der Waals surface area contributed by atoms with E-state index >= 15 is 0 Å². The Morgan fingerprint density at radius 2 is 1.80 bits per heavy atom. The molecule has 0 aliphatic heterocycles. The lowest BCUT2D eigenvalue weighted by Gasteiger charge is -2.22. The van der Waals surface area contributed by atoms with Gasteiger partial charge in [-0.3, -0.25) is 0 Å². The molecule has 4 heteroatoms. The van der Waals surface area contributed by atoms with Crippen molar-refractivity contribution in [1.29, 1.82) is 0 Å². The van der Waals surface area contributed by atoms with Gasteiger partial charge in [-0.05, 0) is 11.3 Å². The highest BCUT2D eigenvalue weighted by Crippen LogP contribution is 2.12. The SMILES string of the molecule is C=C[Si](OC)(OC)OCc1ccccc1. The van der Waals surface area contributed by atoms with Gasteiger partial charge in [0.15, 0.2) is 0 Å². The van der Waals surface area contributed by atoms with Crippen LogP contribution in [-0.2, 0) is 19.9 Å².